The maximum absolute atomic E-state index is 11.5. The number of aliphatic carboxylic acids is 1. The summed E-state index contributed by atoms with van der Waals surface area (Å²) in [6.45, 7) is 6.89. The average molecular weight is 860 g/mol. The van der Waals surface area contributed by atoms with Crippen molar-refractivity contribution in [2.75, 3.05) is 32.9 Å². The molecule has 3 aromatic carbocycles. The topological polar surface area (TPSA) is 164 Å². The van der Waals surface area contributed by atoms with Gasteiger partial charge in [-0.05, 0) is 71.9 Å². The van der Waals surface area contributed by atoms with E-state index in [1.807, 2.05) is 32.2 Å². The minimum Gasteiger partial charge on any atom is -0.488 e. The van der Waals surface area contributed by atoms with E-state index in [2.05, 4.69) is 66.1 Å². The molecule has 13 nitrogen and oxygen atoms in total. The third-order valence-corrected chi connectivity index (χ3v) is 11.7. The van der Waals surface area contributed by atoms with Gasteiger partial charge >= 0.3 is 5.97 Å². The quantitative estimate of drug-likeness (QED) is 0.106. The Morgan fingerprint density at radius 2 is 1.75 bits per heavy atom. The van der Waals surface area contributed by atoms with Crippen LogP contribution in [-0.4, -0.2) is 86.6 Å². The summed E-state index contributed by atoms with van der Waals surface area (Å²) in [6.07, 6.45) is 7.00. The van der Waals surface area contributed by atoms with Crippen LogP contribution in [-0.2, 0) is 34.0 Å². The number of carboxylic acids is 1. The lowest BCUT2D eigenvalue weighted by Gasteiger charge is -2.42. The van der Waals surface area contributed by atoms with Crippen LogP contribution in [0.5, 0.6) is 11.5 Å². The van der Waals surface area contributed by atoms with E-state index in [1.165, 1.54) is 6.20 Å². The maximum Gasteiger partial charge on any atom is 0.323 e. The number of halogens is 2. The first-order valence-electron chi connectivity index (χ1n) is 18.8. The van der Waals surface area contributed by atoms with Crippen molar-refractivity contribution < 1.29 is 34.0 Å². The maximum atomic E-state index is 11.5. The number of carbonyl (C=O) groups is 1. The first-order valence-corrected chi connectivity index (χ1v) is 20.0. The van der Waals surface area contributed by atoms with Crippen LogP contribution in [0.4, 0.5) is 0 Å². The number of hydrogen-bond acceptors (Lipinski definition) is 11. The Kier molecular flexibility index (Phi) is 12.8. The molecule has 2 aromatic heterocycles. The van der Waals surface area contributed by atoms with E-state index in [-0.39, 0.29) is 31.8 Å². The van der Waals surface area contributed by atoms with Crippen molar-refractivity contribution in [2.45, 2.75) is 70.4 Å². The fourth-order valence-electron chi connectivity index (χ4n) is 7.25. The average Bonchev–Trinajstić information content (AvgIpc) is 3.65. The molecule has 2 aliphatic rings. The molecule has 0 saturated carbocycles. The highest BCUT2D eigenvalue weighted by molar-refractivity contribution is 9.10. The number of aromatic nitrogens is 3. The normalized spacial score (nSPS) is 17.0. The second-order valence-electron chi connectivity index (χ2n) is 14.7. The zero-order valence-corrected chi connectivity index (χ0v) is 34.0. The van der Waals surface area contributed by atoms with Crippen LogP contribution in [0.1, 0.15) is 55.0 Å². The molecule has 2 saturated heterocycles. The van der Waals surface area contributed by atoms with Crippen LogP contribution < -0.4 is 14.8 Å². The Hall–Kier alpha value is -4.59. The number of nitriles is 1. The minimum atomic E-state index is -1.19. The van der Waals surface area contributed by atoms with Crippen molar-refractivity contribution >= 4 is 44.4 Å². The van der Waals surface area contributed by atoms with Crippen molar-refractivity contribution in [3.63, 3.8) is 0 Å². The van der Waals surface area contributed by atoms with Gasteiger partial charge < -0.3 is 29.2 Å². The number of rotatable bonds is 14. The van der Waals surface area contributed by atoms with Gasteiger partial charge in [-0.25, -0.2) is 0 Å². The van der Waals surface area contributed by atoms with Crippen molar-refractivity contribution in [1.29, 1.82) is 5.26 Å². The van der Waals surface area contributed by atoms with Crippen molar-refractivity contribution in [2.24, 2.45) is 0 Å². The van der Waals surface area contributed by atoms with E-state index in [1.54, 1.807) is 24.4 Å². The fraction of sp³-hybridized carbons (Fsp3) is 0.381. The molecular formula is C42H44BrClN6O7. The summed E-state index contributed by atoms with van der Waals surface area (Å²) in [7, 11) is 0. The van der Waals surface area contributed by atoms with Gasteiger partial charge in [-0.15, -0.1) is 0 Å². The number of ether oxygens (including phenoxy) is 4. The third kappa shape index (κ3) is 9.42. The molecular weight excluding hydrogens is 816 g/mol. The predicted octanol–water partition coefficient (Wildman–Crippen LogP) is 6.87. The molecule has 0 radical (unpaired) electrons. The fourth-order valence-corrected chi connectivity index (χ4v) is 8.09. The molecule has 2 fully saturated rings. The van der Waals surface area contributed by atoms with E-state index in [0.29, 0.717) is 46.4 Å². The monoisotopic (exact) mass is 858 g/mol. The SMILES string of the molecule is CC1(C)OCC(N2CCC(n3ncc4c(-c5cccc(COc6cc(OCc7cncc(C#N)c7)c(CN[C@@H](CO)C(=O)O)cc6Cl)c5Br)cccc43)CC2)CO1. The van der Waals surface area contributed by atoms with Crippen LogP contribution in [0.25, 0.3) is 22.0 Å². The summed E-state index contributed by atoms with van der Waals surface area (Å²) < 4.78 is 27.4. The number of aliphatic hydroxyl groups excluding tert-OH is 1. The number of benzene rings is 3. The van der Waals surface area contributed by atoms with Crippen LogP contribution in [0.2, 0.25) is 5.02 Å². The summed E-state index contributed by atoms with van der Waals surface area (Å²) in [5.74, 6) is -0.970. The molecule has 0 bridgehead atoms. The smallest absolute Gasteiger partial charge is 0.323 e. The van der Waals surface area contributed by atoms with Gasteiger partial charge in [0.05, 0.1) is 54.2 Å². The first kappa shape index (κ1) is 40.6. The lowest BCUT2D eigenvalue weighted by atomic mass is 9.99. The molecule has 7 rings (SSSR count). The predicted molar refractivity (Wildman–Crippen MR) is 217 cm³/mol. The summed E-state index contributed by atoms with van der Waals surface area (Å²) in [4.78, 5) is 18.1. The number of pyridine rings is 1. The lowest BCUT2D eigenvalue weighted by molar-refractivity contribution is -0.264. The van der Waals surface area contributed by atoms with Gasteiger partial charge in [-0.1, -0.05) is 41.9 Å². The number of hydrogen-bond donors (Lipinski definition) is 3. The molecule has 57 heavy (non-hydrogen) atoms. The van der Waals surface area contributed by atoms with Gasteiger partial charge in [0.2, 0.25) is 0 Å². The number of fused-ring (bicyclic) bond motifs is 1. The first-order chi connectivity index (χ1) is 27.5. The summed E-state index contributed by atoms with van der Waals surface area (Å²) in [5.41, 5.74) is 5.63. The number of aliphatic hydroxyl groups is 1. The molecule has 1 atom stereocenters. The largest absolute Gasteiger partial charge is 0.488 e. The van der Waals surface area contributed by atoms with Gasteiger partial charge in [-0.3, -0.25) is 24.7 Å². The van der Waals surface area contributed by atoms with Crippen molar-refractivity contribution in [1.82, 2.24) is 25.0 Å². The molecule has 4 heterocycles. The second-order valence-corrected chi connectivity index (χ2v) is 15.9. The molecule has 3 N–H and O–H groups in total. The molecule has 0 spiro atoms. The molecule has 0 amide bonds. The number of piperidine rings is 1. The minimum absolute atomic E-state index is 0.0438. The molecule has 5 aromatic rings. The molecule has 0 unspecified atom stereocenters. The Morgan fingerprint density at radius 1 is 1.02 bits per heavy atom. The Balaban J connectivity index is 1.07. The number of likely N-dealkylation sites (tertiary alicyclic amines) is 1. The zero-order chi connectivity index (χ0) is 40.1. The van der Waals surface area contributed by atoms with E-state index in [4.69, 9.17) is 35.6 Å². The van der Waals surface area contributed by atoms with E-state index in [0.717, 1.165) is 58.0 Å². The highest BCUT2D eigenvalue weighted by Crippen LogP contribution is 2.39. The van der Waals surface area contributed by atoms with Crippen LogP contribution >= 0.6 is 27.5 Å². The van der Waals surface area contributed by atoms with Gasteiger partial charge in [0.15, 0.2) is 5.79 Å². The van der Waals surface area contributed by atoms with Gasteiger partial charge in [0.1, 0.15) is 36.8 Å². The molecule has 0 aliphatic carbocycles. The highest BCUT2D eigenvalue weighted by atomic mass is 79.9. The zero-order valence-electron chi connectivity index (χ0n) is 31.7. The van der Waals surface area contributed by atoms with Gasteiger partial charge in [0.25, 0.3) is 0 Å². The number of carboxylic acid groups (broad SMARTS) is 1. The number of nitrogens with one attached hydrogen (secondary N) is 1. The van der Waals surface area contributed by atoms with Crippen molar-refractivity contribution in [3.8, 4) is 28.7 Å². The summed E-state index contributed by atoms with van der Waals surface area (Å²) in [6, 6.07) is 18.8. The van der Waals surface area contributed by atoms with E-state index >= 15 is 0 Å². The Bertz CT molecular complexity index is 2260. The standard InChI is InChI=1S/C42H44BrClN6O7/c1-42(2)56-24-31(25-57-42)49-11-9-30(10-12-49)50-37-8-4-6-32(34(37)20-48-50)33-7-3-5-28(40(33)43)23-55-39-15-38(54-22-27-13-26(16-45)17-46-18-27)29(14-35(39)44)19-47-36(21-51)41(52)53/h3-8,13-15,17-18,20,30-31,36,47,51H,9-12,19,21-25H2,1-2H3,(H,52,53)/t36-/m0/s1. The molecule has 15 heteroatoms. The van der Waals surface area contributed by atoms with E-state index in [9.17, 15) is 20.3 Å². The van der Waals surface area contributed by atoms with Crippen LogP contribution in [0.15, 0.2) is 77.7 Å². The van der Waals surface area contributed by atoms with Crippen LogP contribution in [0.3, 0.4) is 0 Å². The summed E-state index contributed by atoms with van der Waals surface area (Å²) >= 11 is 10.6. The highest BCUT2D eigenvalue weighted by Gasteiger charge is 2.34. The van der Waals surface area contributed by atoms with E-state index < -0.39 is 24.4 Å². The molecule has 298 valence electrons. The molecule has 2 aliphatic heterocycles. The van der Waals surface area contributed by atoms with Gasteiger partial charge in [-0.2, -0.15) is 10.4 Å². The Morgan fingerprint density at radius 3 is 2.49 bits per heavy atom. The second kappa shape index (κ2) is 17.9. The van der Waals surface area contributed by atoms with Crippen molar-refractivity contribution in [3.05, 3.63) is 105 Å². The van der Waals surface area contributed by atoms with Crippen LogP contribution in [0, 0.1) is 11.3 Å². The van der Waals surface area contributed by atoms with Gasteiger partial charge in [0, 0.05) is 64.6 Å². The lowest BCUT2D eigenvalue weighted by Crippen LogP contribution is -2.52. The number of nitrogens with zero attached hydrogens (tertiary/aromatic N) is 5. The summed E-state index contributed by atoms with van der Waals surface area (Å²) in [5, 5.41) is 37.3. The Labute approximate surface area is 344 Å². The third-order valence-electron chi connectivity index (χ3n) is 10.5.